The lowest BCUT2D eigenvalue weighted by atomic mass is 9.94. The number of aromatic nitrogens is 2. The summed E-state index contributed by atoms with van der Waals surface area (Å²) in [5, 5.41) is 4.96. The van der Waals surface area contributed by atoms with Crippen LogP contribution in [0.3, 0.4) is 0 Å². The summed E-state index contributed by atoms with van der Waals surface area (Å²) >= 11 is 0. The molecule has 216 valence electrons. The van der Waals surface area contributed by atoms with Crippen LogP contribution in [0.2, 0.25) is 0 Å². The van der Waals surface area contributed by atoms with Gasteiger partial charge >= 0.3 is 0 Å². The van der Waals surface area contributed by atoms with Gasteiger partial charge in [-0.2, -0.15) is 0 Å². The minimum Gasteiger partial charge on any atom is -0.375 e. The van der Waals surface area contributed by atoms with Crippen LogP contribution < -0.4 is 5.32 Å². The second-order valence-corrected chi connectivity index (χ2v) is 10.9. The molecule has 0 saturated heterocycles. The van der Waals surface area contributed by atoms with E-state index in [1.54, 1.807) is 7.05 Å². The van der Waals surface area contributed by atoms with E-state index in [-0.39, 0.29) is 21.3 Å². The molecule has 0 spiro atoms. The van der Waals surface area contributed by atoms with Crippen molar-refractivity contribution in [3.63, 3.8) is 0 Å². The molecule has 40 heavy (non-hydrogen) atoms. The van der Waals surface area contributed by atoms with Gasteiger partial charge in [-0.1, -0.05) is 36.4 Å². The molecule has 8 heteroatoms. The van der Waals surface area contributed by atoms with Crippen molar-refractivity contribution in [1.29, 1.82) is 0 Å². The number of carbonyl (C=O) groups excluding carboxylic acids is 1. The number of amides is 1. The Morgan fingerprint density at radius 3 is 2.30 bits per heavy atom. The number of rotatable bonds is 6. The van der Waals surface area contributed by atoms with E-state index in [4.69, 9.17) is 4.74 Å². The highest BCUT2D eigenvalue weighted by molar-refractivity contribution is 6.30. The van der Waals surface area contributed by atoms with E-state index in [0.29, 0.717) is 38.4 Å². The summed E-state index contributed by atoms with van der Waals surface area (Å²) in [6.45, 7) is 5.65. The van der Waals surface area contributed by atoms with Crippen molar-refractivity contribution in [2.75, 3.05) is 33.8 Å². The smallest absolute Gasteiger partial charge is 0.252 e. The zero-order chi connectivity index (χ0) is 28.4. The Bertz CT molecular complexity index is 1560. The van der Waals surface area contributed by atoms with E-state index in [2.05, 4.69) is 51.1 Å². The van der Waals surface area contributed by atoms with Crippen molar-refractivity contribution >= 4 is 38.9 Å². The van der Waals surface area contributed by atoms with E-state index in [9.17, 15) is 13.6 Å². The van der Waals surface area contributed by atoms with Gasteiger partial charge in [-0.25, -0.2) is 8.78 Å². The number of nitrogens with zero attached hydrogens (tertiary/aromatic N) is 3. The van der Waals surface area contributed by atoms with Crippen LogP contribution in [0.4, 0.5) is 8.78 Å². The lowest BCUT2D eigenvalue weighted by molar-refractivity contribution is -0.115. The van der Waals surface area contributed by atoms with E-state index >= 15 is 0 Å². The number of alkyl halides is 2. The van der Waals surface area contributed by atoms with Gasteiger partial charge in [0.2, 0.25) is 5.92 Å². The molecule has 1 N–H and O–H groups in total. The van der Waals surface area contributed by atoms with Gasteiger partial charge in [-0.05, 0) is 45.0 Å². The fourth-order valence-corrected chi connectivity index (χ4v) is 5.77. The van der Waals surface area contributed by atoms with Crippen molar-refractivity contribution in [1.82, 2.24) is 19.4 Å². The maximum Gasteiger partial charge on any atom is 0.252 e. The number of nitrogens with one attached hydrogen (secondary N) is 1. The maximum atomic E-state index is 13.5. The summed E-state index contributed by atoms with van der Waals surface area (Å²) in [7, 11) is 3.55. The molecular formula is C32H42F2N4O2. The first-order chi connectivity index (χ1) is 19.2. The highest BCUT2D eigenvalue weighted by atomic mass is 19.3. The SMILES string of the molecule is CNC(=O)/C1=C(\C)c2cn(c3ccccc23)CCC(CN(C)CCC(C)(F)F)OCCn2cc1c1ccccc12.[HH].[HH]. The first-order valence-electron chi connectivity index (χ1n) is 13.9. The fourth-order valence-electron chi connectivity index (χ4n) is 5.77. The molecular weight excluding hydrogens is 510 g/mol. The second kappa shape index (κ2) is 11.6. The van der Waals surface area contributed by atoms with Crippen LogP contribution in [0.5, 0.6) is 0 Å². The highest BCUT2D eigenvalue weighted by Crippen LogP contribution is 2.36. The first-order valence-corrected chi connectivity index (χ1v) is 13.9. The van der Waals surface area contributed by atoms with Crippen molar-refractivity contribution in [3.05, 3.63) is 72.1 Å². The predicted octanol–water partition coefficient (Wildman–Crippen LogP) is 6.53. The summed E-state index contributed by atoms with van der Waals surface area (Å²) in [5.74, 6) is -2.81. The maximum absolute atomic E-state index is 13.5. The molecule has 1 unspecified atom stereocenters. The normalized spacial score (nSPS) is 18.8. The number of aryl methyl sites for hydroxylation is 1. The summed E-state index contributed by atoms with van der Waals surface area (Å²) in [5.41, 5.74) is 5.60. The van der Waals surface area contributed by atoms with E-state index < -0.39 is 5.92 Å². The van der Waals surface area contributed by atoms with Crippen LogP contribution in [-0.4, -0.2) is 65.8 Å². The van der Waals surface area contributed by atoms with Gasteiger partial charge in [-0.15, -0.1) is 0 Å². The number of benzene rings is 2. The molecule has 1 atom stereocenters. The molecule has 4 bridgehead atoms. The molecule has 2 aromatic heterocycles. The number of fused-ring (bicyclic) bond motifs is 10. The molecule has 2 aromatic carbocycles. The minimum absolute atomic E-state index is 0. The standard InChI is InChI=1S/C32H38F2N4O2.2H2/c1-22-26-20-37(28-11-7-5-9-24(26)28)15-13-23(19-36(4)16-14-32(2,33)34)40-18-17-38-21-27(30(22)31(39)35-3)25-10-6-8-12-29(25)38;;/h5-12,20-21,23H,13-19H2,1-4H3,(H,35,39);2*1H/b30-22+;;. The van der Waals surface area contributed by atoms with Crippen LogP contribution in [-0.2, 0) is 22.6 Å². The van der Waals surface area contributed by atoms with Gasteiger partial charge in [0.05, 0.1) is 18.3 Å². The predicted molar refractivity (Wildman–Crippen MR) is 162 cm³/mol. The molecule has 0 radical (unpaired) electrons. The second-order valence-electron chi connectivity index (χ2n) is 10.9. The minimum atomic E-state index is -2.69. The lowest BCUT2D eigenvalue weighted by Gasteiger charge is -2.26. The number of hydrogen-bond acceptors (Lipinski definition) is 3. The summed E-state index contributed by atoms with van der Waals surface area (Å²) in [6.07, 6.45) is 4.61. The number of allylic oxidation sites excluding steroid dienone is 1. The number of hydrogen-bond donors (Lipinski definition) is 1. The van der Waals surface area contributed by atoms with Gasteiger partial charge in [0.25, 0.3) is 5.91 Å². The summed E-state index contributed by atoms with van der Waals surface area (Å²) < 4.78 is 37.8. The molecule has 1 amide bonds. The summed E-state index contributed by atoms with van der Waals surface area (Å²) in [6, 6.07) is 16.4. The Morgan fingerprint density at radius 2 is 1.65 bits per heavy atom. The van der Waals surface area contributed by atoms with Crippen LogP contribution in [0.25, 0.3) is 33.0 Å². The average Bonchev–Trinajstić information content (AvgIpc) is 3.48. The van der Waals surface area contributed by atoms with Gasteiger partial charge in [0, 0.05) is 87.8 Å². The van der Waals surface area contributed by atoms with E-state index in [0.717, 1.165) is 51.9 Å². The molecule has 1 aliphatic rings. The van der Waals surface area contributed by atoms with Crippen molar-refractivity contribution in [2.45, 2.75) is 51.8 Å². The van der Waals surface area contributed by atoms with Crippen molar-refractivity contribution in [3.8, 4) is 0 Å². The molecule has 0 fully saturated rings. The van der Waals surface area contributed by atoms with Gasteiger partial charge < -0.3 is 24.1 Å². The van der Waals surface area contributed by atoms with Crippen LogP contribution in [0, 0.1) is 0 Å². The molecule has 0 aliphatic carbocycles. The quantitative estimate of drug-likeness (QED) is 0.296. The third-order valence-corrected chi connectivity index (χ3v) is 7.91. The van der Waals surface area contributed by atoms with E-state index in [1.165, 1.54) is 0 Å². The Morgan fingerprint density at radius 1 is 1.05 bits per heavy atom. The number of halogens is 2. The van der Waals surface area contributed by atoms with Crippen molar-refractivity contribution in [2.24, 2.45) is 0 Å². The Kier molecular flexibility index (Phi) is 8.10. The molecule has 6 nitrogen and oxygen atoms in total. The Labute approximate surface area is 237 Å². The summed E-state index contributed by atoms with van der Waals surface area (Å²) in [4.78, 5) is 15.4. The topological polar surface area (TPSA) is 51.4 Å². The number of para-hydroxylation sites is 2. The molecule has 1 aliphatic heterocycles. The monoisotopic (exact) mass is 552 g/mol. The highest BCUT2D eigenvalue weighted by Gasteiger charge is 2.25. The van der Waals surface area contributed by atoms with Gasteiger partial charge in [0.1, 0.15) is 0 Å². The molecule has 3 heterocycles. The number of likely N-dealkylation sites (N-methyl/N-ethyl adjacent to an activating group) is 2. The van der Waals surface area contributed by atoms with E-state index in [1.807, 2.05) is 43.1 Å². The number of ether oxygens (including phenoxy) is 1. The van der Waals surface area contributed by atoms with Crippen molar-refractivity contribution < 1.29 is 21.2 Å². The van der Waals surface area contributed by atoms with Crippen LogP contribution >= 0.6 is 0 Å². The first kappa shape index (κ1) is 28.1. The van der Waals surface area contributed by atoms with Crippen LogP contribution in [0.15, 0.2) is 60.9 Å². The zero-order valence-corrected chi connectivity index (χ0v) is 23.7. The van der Waals surface area contributed by atoms with Gasteiger partial charge in [0.15, 0.2) is 0 Å². The third-order valence-electron chi connectivity index (χ3n) is 7.91. The zero-order valence-electron chi connectivity index (χ0n) is 23.7. The van der Waals surface area contributed by atoms with Gasteiger partial charge in [-0.3, -0.25) is 4.79 Å². The largest absolute Gasteiger partial charge is 0.375 e. The lowest BCUT2D eigenvalue weighted by Crippen LogP contribution is -2.35. The Hall–Kier alpha value is -3.49. The average molecular weight is 553 g/mol. The molecule has 4 aromatic rings. The third kappa shape index (κ3) is 5.83. The van der Waals surface area contributed by atoms with Crippen LogP contribution in [0.1, 0.15) is 40.7 Å². The molecule has 5 rings (SSSR count). The number of carbonyl (C=O) groups is 1. The molecule has 0 saturated carbocycles. The fraction of sp³-hybridized carbons (Fsp3) is 0.406. The Balaban J connectivity index is 0.00000242.